The third kappa shape index (κ3) is 7.16. The maximum atomic E-state index is 12.2. The van der Waals surface area contributed by atoms with Gasteiger partial charge in [0.2, 0.25) is 0 Å². The number of rotatable bonds is 8. The number of hydrogen-bond acceptors (Lipinski definition) is 6. The van der Waals surface area contributed by atoms with Gasteiger partial charge in [0.1, 0.15) is 11.5 Å². The number of anilines is 2. The molecular weight excluding hydrogens is 448 g/mol. The van der Waals surface area contributed by atoms with E-state index in [1.165, 1.54) is 13.3 Å². The molecule has 0 saturated heterocycles. The zero-order chi connectivity index (χ0) is 25.2. The van der Waals surface area contributed by atoms with Crippen LogP contribution in [0.4, 0.5) is 11.4 Å². The topological polar surface area (TPSA) is 118 Å². The van der Waals surface area contributed by atoms with Gasteiger partial charge in [0, 0.05) is 5.69 Å². The molecule has 0 saturated carbocycles. The van der Waals surface area contributed by atoms with Crippen LogP contribution < -0.4 is 25.5 Å². The number of carbonyl (C=O) groups excluding carboxylic acids is 3. The second kappa shape index (κ2) is 12.0. The molecule has 0 aromatic heterocycles. The van der Waals surface area contributed by atoms with Crippen LogP contribution in [0.25, 0.3) is 0 Å². The van der Waals surface area contributed by atoms with Crippen molar-refractivity contribution in [2.45, 2.75) is 13.8 Å². The molecule has 0 aliphatic carbocycles. The van der Waals surface area contributed by atoms with Gasteiger partial charge in [0.15, 0.2) is 6.61 Å². The van der Waals surface area contributed by atoms with Gasteiger partial charge in [-0.15, -0.1) is 0 Å². The standard InChI is InChI=1S/C26H26N4O5/c1-17-7-6-9-21(18(17)2)28-24(31)16-35-20-13-11-19(12-14-20)15-27-30-26(33)25(32)29-22-8-4-5-10-23(22)34-3/h4-15H,16H2,1-3H3,(H,28,31)(H,29,32)(H,30,33)/b27-15-. The number of hydrogen-bond donors (Lipinski definition) is 3. The van der Waals surface area contributed by atoms with Crippen LogP contribution in [-0.2, 0) is 14.4 Å². The Morgan fingerprint density at radius 1 is 0.857 bits per heavy atom. The molecule has 9 nitrogen and oxygen atoms in total. The number of nitrogens with one attached hydrogen (secondary N) is 3. The van der Waals surface area contributed by atoms with Gasteiger partial charge in [0.25, 0.3) is 5.91 Å². The summed E-state index contributed by atoms with van der Waals surface area (Å²) in [6.07, 6.45) is 1.38. The van der Waals surface area contributed by atoms with Crippen LogP contribution in [0, 0.1) is 13.8 Å². The van der Waals surface area contributed by atoms with Crippen LogP contribution in [0.1, 0.15) is 16.7 Å². The van der Waals surface area contributed by atoms with E-state index in [0.29, 0.717) is 22.7 Å². The summed E-state index contributed by atoms with van der Waals surface area (Å²) in [6, 6.07) is 19.2. The van der Waals surface area contributed by atoms with Crippen molar-refractivity contribution in [1.29, 1.82) is 0 Å². The summed E-state index contributed by atoms with van der Waals surface area (Å²) in [5.41, 5.74) is 6.05. The molecular formula is C26H26N4O5. The van der Waals surface area contributed by atoms with E-state index in [1.807, 2.05) is 32.0 Å². The maximum absolute atomic E-state index is 12.2. The quantitative estimate of drug-likeness (QED) is 0.263. The van der Waals surface area contributed by atoms with Crippen molar-refractivity contribution in [3.05, 3.63) is 83.4 Å². The summed E-state index contributed by atoms with van der Waals surface area (Å²) >= 11 is 0. The number of aryl methyl sites for hydroxylation is 1. The van der Waals surface area contributed by atoms with E-state index < -0.39 is 11.8 Å². The van der Waals surface area contributed by atoms with Crippen molar-refractivity contribution in [2.24, 2.45) is 5.10 Å². The van der Waals surface area contributed by atoms with E-state index in [2.05, 4.69) is 21.2 Å². The normalized spacial score (nSPS) is 10.5. The van der Waals surface area contributed by atoms with E-state index in [0.717, 1.165) is 16.8 Å². The van der Waals surface area contributed by atoms with E-state index >= 15 is 0 Å². The Bertz CT molecular complexity index is 1240. The van der Waals surface area contributed by atoms with Crippen LogP contribution in [0.15, 0.2) is 71.8 Å². The van der Waals surface area contributed by atoms with Crippen molar-refractivity contribution in [2.75, 3.05) is 24.4 Å². The molecule has 0 heterocycles. The van der Waals surface area contributed by atoms with Gasteiger partial charge in [-0.2, -0.15) is 5.10 Å². The average Bonchev–Trinajstić information content (AvgIpc) is 2.86. The van der Waals surface area contributed by atoms with Crippen molar-refractivity contribution >= 4 is 35.3 Å². The largest absolute Gasteiger partial charge is 0.495 e. The number of amides is 3. The first kappa shape index (κ1) is 25.0. The number of methoxy groups -OCH3 is 1. The van der Waals surface area contributed by atoms with Gasteiger partial charge >= 0.3 is 11.8 Å². The second-order valence-electron chi connectivity index (χ2n) is 7.51. The second-order valence-corrected chi connectivity index (χ2v) is 7.51. The Hall–Kier alpha value is -4.66. The Morgan fingerprint density at radius 2 is 1.57 bits per heavy atom. The van der Waals surface area contributed by atoms with Gasteiger partial charge in [-0.3, -0.25) is 14.4 Å². The summed E-state index contributed by atoms with van der Waals surface area (Å²) in [4.78, 5) is 36.2. The number of carbonyl (C=O) groups is 3. The molecule has 0 atom stereocenters. The predicted octanol–water partition coefficient (Wildman–Crippen LogP) is 3.42. The highest BCUT2D eigenvalue weighted by atomic mass is 16.5. The van der Waals surface area contributed by atoms with Crippen molar-refractivity contribution in [3.8, 4) is 11.5 Å². The zero-order valence-electron chi connectivity index (χ0n) is 19.6. The molecule has 0 fully saturated rings. The van der Waals surface area contributed by atoms with Crippen molar-refractivity contribution in [3.63, 3.8) is 0 Å². The number of para-hydroxylation sites is 2. The van der Waals surface area contributed by atoms with Crippen LogP contribution >= 0.6 is 0 Å². The molecule has 3 rings (SSSR count). The molecule has 0 spiro atoms. The van der Waals surface area contributed by atoms with Crippen LogP contribution in [0.2, 0.25) is 0 Å². The van der Waals surface area contributed by atoms with Crippen molar-refractivity contribution in [1.82, 2.24) is 5.43 Å². The fourth-order valence-corrected chi connectivity index (χ4v) is 3.01. The molecule has 0 radical (unpaired) electrons. The first-order valence-corrected chi connectivity index (χ1v) is 10.7. The Morgan fingerprint density at radius 3 is 2.31 bits per heavy atom. The Kier molecular flexibility index (Phi) is 8.55. The minimum atomic E-state index is -0.929. The lowest BCUT2D eigenvalue weighted by Crippen LogP contribution is -2.32. The van der Waals surface area contributed by atoms with E-state index in [1.54, 1.807) is 48.5 Å². The molecule has 3 aromatic rings. The summed E-state index contributed by atoms with van der Waals surface area (Å²) in [5.74, 6) is -1.14. The first-order chi connectivity index (χ1) is 16.9. The Labute approximate surface area is 203 Å². The summed E-state index contributed by atoms with van der Waals surface area (Å²) in [5, 5.41) is 9.09. The molecule has 3 amide bonds. The minimum absolute atomic E-state index is 0.141. The molecule has 0 unspecified atom stereocenters. The predicted molar refractivity (Wildman–Crippen MR) is 134 cm³/mol. The highest BCUT2D eigenvalue weighted by molar-refractivity contribution is 6.39. The van der Waals surface area contributed by atoms with Crippen molar-refractivity contribution < 1.29 is 23.9 Å². The number of hydrazone groups is 1. The SMILES string of the molecule is COc1ccccc1NC(=O)C(=O)N/N=C\c1ccc(OCC(=O)Nc2cccc(C)c2C)cc1. The first-order valence-electron chi connectivity index (χ1n) is 10.7. The molecule has 3 aromatic carbocycles. The van der Waals surface area contributed by atoms with E-state index in [-0.39, 0.29) is 12.5 Å². The molecule has 35 heavy (non-hydrogen) atoms. The van der Waals surface area contributed by atoms with Gasteiger partial charge in [-0.1, -0.05) is 24.3 Å². The van der Waals surface area contributed by atoms with E-state index in [9.17, 15) is 14.4 Å². The van der Waals surface area contributed by atoms with Gasteiger partial charge in [-0.25, -0.2) is 5.43 Å². The van der Waals surface area contributed by atoms with Gasteiger partial charge in [-0.05, 0) is 73.0 Å². The molecule has 0 aliphatic rings. The number of ether oxygens (including phenoxy) is 2. The minimum Gasteiger partial charge on any atom is -0.495 e. The highest BCUT2D eigenvalue weighted by Gasteiger charge is 2.15. The van der Waals surface area contributed by atoms with Gasteiger partial charge < -0.3 is 20.1 Å². The third-order valence-electron chi connectivity index (χ3n) is 5.07. The summed E-state index contributed by atoms with van der Waals surface area (Å²) < 4.78 is 10.7. The average molecular weight is 475 g/mol. The number of nitrogens with zero attached hydrogens (tertiary/aromatic N) is 1. The van der Waals surface area contributed by atoms with Crippen LogP contribution in [0.3, 0.4) is 0 Å². The third-order valence-corrected chi connectivity index (χ3v) is 5.07. The lowest BCUT2D eigenvalue weighted by atomic mass is 10.1. The maximum Gasteiger partial charge on any atom is 0.329 e. The molecule has 180 valence electrons. The van der Waals surface area contributed by atoms with Crippen LogP contribution in [0.5, 0.6) is 11.5 Å². The summed E-state index contributed by atoms with van der Waals surface area (Å²) in [7, 11) is 1.47. The highest BCUT2D eigenvalue weighted by Crippen LogP contribution is 2.22. The number of benzene rings is 3. The fraction of sp³-hybridized carbons (Fsp3) is 0.154. The van der Waals surface area contributed by atoms with E-state index in [4.69, 9.17) is 9.47 Å². The summed E-state index contributed by atoms with van der Waals surface area (Å²) in [6.45, 7) is 3.79. The molecule has 0 bridgehead atoms. The molecule has 9 heteroatoms. The zero-order valence-corrected chi connectivity index (χ0v) is 19.6. The molecule has 3 N–H and O–H groups in total. The lowest BCUT2D eigenvalue weighted by Gasteiger charge is -2.11. The van der Waals surface area contributed by atoms with Gasteiger partial charge in [0.05, 0.1) is 19.0 Å². The monoisotopic (exact) mass is 474 g/mol. The smallest absolute Gasteiger partial charge is 0.329 e. The lowest BCUT2D eigenvalue weighted by molar-refractivity contribution is -0.136. The Balaban J connectivity index is 1.46. The fourth-order valence-electron chi connectivity index (χ4n) is 3.01. The van der Waals surface area contributed by atoms with Crippen LogP contribution in [-0.4, -0.2) is 37.7 Å². The molecule has 0 aliphatic heterocycles.